The van der Waals surface area contributed by atoms with E-state index < -0.39 is 0 Å². The van der Waals surface area contributed by atoms with E-state index in [1.54, 1.807) is 35.9 Å². The number of carbonyl (C=O) groups is 2. The summed E-state index contributed by atoms with van der Waals surface area (Å²) in [7, 11) is 1.60. The van der Waals surface area contributed by atoms with Gasteiger partial charge >= 0.3 is 5.97 Å². The average Bonchev–Trinajstić information content (AvgIpc) is 3.42. The first-order valence-corrected chi connectivity index (χ1v) is 14.1. The van der Waals surface area contributed by atoms with Crippen molar-refractivity contribution in [2.24, 2.45) is 0 Å². The summed E-state index contributed by atoms with van der Waals surface area (Å²) in [6, 6.07) is 18.5. The topological polar surface area (TPSA) is 99.5 Å². The molecule has 2 aromatic carbocycles. The molecule has 0 saturated carbocycles. The van der Waals surface area contributed by atoms with Crippen LogP contribution in [0.2, 0.25) is 0 Å². The summed E-state index contributed by atoms with van der Waals surface area (Å²) < 4.78 is 12.7. The number of ether oxygens (including phenoxy) is 2. The van der Waals surface area contributed by atoms with Gasteiger partial charge in [-0.25, -0.2) is 4.98 Å². The molecule has 4 rings (SSSR count). The summed E-state index contributed by atoms with van der Waals surface area (Å²) in [6.45, 7) is 0.664. The SMILES string of the molecule is COc1ccc(NC(=O)CCCCCn2c(SCC(=O)OCc3ccccc3)nc3ccsc3c2=O)cc1. The number of benzene rings is 2. The maximum absolute atomic E-state index is 13.1. The number of anilines is 1. The normalized spacial score (nSPS) is 10.9. The number of thiophene rings is 1. The minimum atomic E-state index is -0.368. The molecule has 2 aromatic heterocycles. The highest BCUT2D eigenvalue weighted by Crippen LogP contribution is 2.22. The maximum atomic E-state index is 13.1. The Bertz CT molecular complexity index is 1420. The Balaban J connectivity index is 1.28. The molecule has 0 spiro atoms. The van der Waals surface area contributed by atoms with E-state index in [-0.39, 0.29) is 29.8 Å². The van der Waals surface area contributed by atoms with E-state index in [1.165, 1.54) is 23.1 Å². The van der Waals surface area contributed by atoms with Crippen molar-refractivity contribution >= 4 is 50.9 Å². The van der Waals surface area contributed by atoms with Gasteiger partial charge in [-0.05, 0) is 54.1 Å². The van der Waals surface area contributed by atoms with Crippen molar-refractivity contribution in [3.8, 4) is 5.75 Å². The highest BCUT2D eigenvalue weighted by Gasteiger charge is 2.15. The second kappa shape index (κ2) is 13.8. The number of esters is 1. The molecule has 38 heavy (non-hydrogen) atoms. The fraction of sp³-hybridized carbons (Fsp3) is 0.286. The van der Waals surface area contributed by atoms with Crippen molar-refractivity contribution in [1.29, 1.82) is 0 Å². The van der Waals surface area contributed by atoms with Crippen LogP contribution < -0.4 is 15.6 Å². The van der Waals surface area contributed by atoms with Crippen molar-refractivity contribution in [2.45, 2.75) is 44.0 Å². The van der Waals surface area contributed by atoms with E-state index in [1.807, 2.05) is 41.8 Å². The third-order valence-corrected chi connectivity index (χ3v) is 7.59. The van der Waals surface area contributed by atoms with Gasteiger partial charge in [0.1, 0.15) is 17.1 Å². The summed E-state index contributed by atoms with van der Waals surface area (Å²) in [5.74, 6) is 0.364. The zero-order chi connectivity index (χ0) is 26.7. The number of rotatable bonds is 13. The maximum Gasteiger partial charge on any atom is 0.316 e. The van der Waals surface area contributed by atoms with Gasteiger partial charge in [-0.2, -0.15) is 0 Å². The Morgan fingerprint density at radius 1 is 1.03 bits per heavy atom. The lowest BCUT2D eigenvalue weighted by molar-refractivity contribution is -0.141. The number of fused-ring (bicyclic) bond motifs is 1. The molecule has 198 valence electrons. The number of hydrogen-bond acceptors (Lipinski definition) is 8. The van der Waals surface area contributed by atoms with Crippen LogP contribution in [-0.2, 0) is 27.5 Å². The Morgan fingerprint density at radius 3 is 2.58 bits per heavy atom. The predicted octanol–water partition coefficient (Wildman–Crippen LogP) is 5.50. The third-order valence-electron chi connectivity index (χ3n) is 5.75. The molecule has 0 aliphatic carbocycles. The van der Waals surface area contributed by atoms with E-state index in [4.69, 9.17) is 9.47 Å². The van der Waals surface area contributed by atoms with Crippen molar-refractivity contribution in [1.82, 2.24) is 9.55 Å². The van der Waals surface area contributed by atoms with Crippen LogP contribution in [0, 0.1) is 0 Å². The quantitative estimate of drug-likeness (QED) is 0.101. The molecule has 1 amide bonds. The monoisotopic (exact) mass is 551 g/mol. The highest BCUT2D eigenvalue weighted by molar-refractivity contribution is 7.99. The molecule has 8 nitrogen and oxygen atoms in total. The fourth-order valence-corrected chi connectivity index (χ4v) is 5.37. The van der Waals surface area contributed by atoms with Crippen LogP contribution in [0.4, 0.5) is 5.69 Å². The smallest absolute Gasteiger partial charge is 0.316 e. The van der Waals surface area contributed by atoms with Crippen LogP contribution in [0.25, 0.3) is 10.2 Å². The Labute approximate surface area is 229 Å². The van der Waals surface area contributed by atoms with Gasteiger partial charge in [0.15, 0.2) is 5.16 Å². The minimum absolute atomic E-state index is 0.0560. The number of hydrogen-bond donors (Lipinski definition) is 1. The van der Waals surface area contributed by atoms with Gasteiger partial charge in [-0.3, -0.25) is 19.0 Å². The number of carbonyl (C=O) groups excluding carboxylic acids is 2. The lowest BCUT2D eigenvalue weighted by Gasteiger charge is -2.12. The number of aromatic nitrogens is 2. The molecule has 0 radical (unpaired) electrons. The molecule has 1 N–H and O–H groups in total. The molecule has 0 unspecified atom stereocenters. The largest absolute Gasteiger partial charge is 0.497 e. The molecule has 0 atom stereocenters. The molecule has 0 aliphatic rings. The standard InChI is InChI=1S/C28H29N3O5S2/c1-35-22-13-11-21(12-14-22)29-24(32)10-6-3-7-16-31-27(34)26-23(15-17-37-26)30-28(31)38-19-25(33)36-18-20-8-4-2-5-9-20/h2,4-5,8-9,11-15,17H,3,6-7,10,16,18-19H2,1H3,(H,29,32). The van der Waals surface area contributed by atoms with Crippen molar-refractivity contribution in [3.05, 3.63) is 82.0 Å². The summed E-state index contributed by atoms with van der Waals surface area (Å²) in [4.78, 5) is 42.3. The Morgan fingerprint density at radius 2 is 1.82 bits per heavy atom. The van der Waals surface area contributed by atoms with Crippen molar-refractivity contribution in [3.63, 3.8) is 0 Å². The second-order valence-electron chi connectivity index (χ2n) is 8.51. The van der Waals surface area contributed by atoms with Gasteiger partial charge in [0.05, 0.1) is 18.4 Å². The summed E-state index contributed by atoms with van der Waals surface area (Å²) >= 11 is 2.56. The average molecular weight is 552 g/mol. The zero-order valence-corrected chi connectivity index (χ0v) is 22.7. The minimum Gasteiger partial charge on any atom is -0.497 e. The van der Waals surface area contributed by atoms with Gasteiger partial charge < -0.3 is 14.8 Å². The fourth-order valence-electron chi connectivity index (χ4n) is 3.76. The highest BCUT2D eigenvalue weighted by atomic mass is 32.2. The summed E-state index contributed by atoms with van der Waals surface area (Å²) in [6.07, 6.45) is 2.56. The molecule has 0 saturated heterocycles. The number of amides is 1. The lowest BCUT2D eigenvalue weighted by atomic mass is 10.2. The Hall–Kier alpha value is -3.63. The van der Waals surface area contributed by atoms with Gasteiger partial charge in [-0.1, -0.05) is 48.5 Å². The number of nitrogens with one attached hydrogen (secondary N) is 1. The van der Waals surface area contributed by atoms with Gasteiger partial charge in [-0.15, -0.1) is 11.3 Å². The molecule has 0 aliphatic heterocycles. The van der Waals surface area contributed by atoms with E-state index in [2.05, 4.69) is 10.3 Å². The van der Waals surface area contributed by atoms with Crippen LogP contribution >= 0.6 is 23.1 Å². The number of thioether (sulfide) groups is 1. The van der Waals surface area contributed by atoms with Crippen LogP contribution in [0.15, 0.2) is 76.0 Å². The first kappa shape index (κ1) is 27.4. The van der Waals surface area contributed by atoms with Gasteiger partial charge in [0, 0.05) is 18.7 Å². The number of nitrogens with zero attached hydrogens (tertiary/aromatic N) is 2. The molecule has 0 bridgehead atoms. The molecule has 4 aromatic rings. The van der Waals surface area contributed by atoms with Crippen LogP contribution in [0.1, 0.15) is 31.2 Å². The van der Waals surface area contributed by atoms with Gasteiger partial charge in [0.2, 0.25) is 5.91 Å². The van der Waals surface area contributed by atoms with Crippen LogP contribution in [0.5, 0.6) is 5.75 Å². The zero-order valence-electron chi connectivity index (χ0n) is 21.1. The molecular weight excluding hydrogens is 522 g/mol. The second-order valence-corrected chi connectivity index (χ2v) is 10.4. The number of methoxy groups -OCH3 is 1. The van der Waals surface area contributed by atoms with Crippen molar-refractivity contribution < 1.29 is 19.1 Å². The third kappa shape index (κ3) is 7.69. The van der Waals surface area contributed by atoms with E-state index in [9.17, 15) is 14.4 Å². The first-order chi connectivity index (χ1) is 18.5. The van der Waals surface area contributed by atoms with E-state index in [0.29, 0.717) is 41.2 Å². The van der Waals surface area contributed by atoms with Crippen LogP contribution in [-0.4, -0.2) is 34.3 Å². The Kier molecular flexibility index (Phi) is 9.94. The molecule has 10 heteroatoms. The predicted molar refractivity (Wildman–Crippen MR) is 151 cm³/mol. The first-order valence-electron chi connectivity index (χ1n) is 12.3. The number of unbranched alkanes of at least 4 members (excludes halogenated alkanes) is 2. The van der Waals surface area contributed by atoms with E-state index in [0.717, 1.165) is 23.4 Å². The molecule has 2 heterocycles. The molecule has 0 fully saturated rings. The van der Waals surface area contributed by atoms with E-state index >= 15 is 0 Å². The van der Waals surface area contributed by atoms with Gasteiger partial charge in [0.25, 0.3) is 5.56 Å². The summed E-state index contributed by atoms with van der Waals surface area (Å²) in [5, 5.41) is 5.22. The van der Waals surface area contributed by atoms with Crippen molar-refractivity contribution in [2.75, 3.05) is 18.2 Å². The summed E-state index contributed by atoms with van der Waals surface area (Å²) in [5.41, 5.74) is 2.16. The lowest BCUT2D eigenvalue weighted by Crippen LogP contribution is -2.23. The molecular formula is C28H29N3O5S2. The van der Waals surface area contributed by atoms with Crippen LogP contribution in [0.3, 0.4) is 0 Å².